The van der Waals surface area contributed by atoms with Gasteiger partial charge in [0.2, 0.25) is 17.7 Å². The van der Waals surface area contributed by atoms with Gasteiger partial charge in [-0.15, -0.1) is 0 Å². The van der Waals surface area contributed by atoms with E-state index in [0.29, 0.717) is 11.6 Å². The fourth-order valence-electron chi connectivity index (χ4n) is 1.41. The lowest BCUT2D eigenvalue weighted by molar-refractivity contribution is -0.118. The van der Waals surface area contributed by atoms with Crippen LogP contribution in [0.1, 0.15) is 26.0 Å². The van der Waals surface area contributed by atoms with Gasteiger partial charge in [0.1, 0.15) is 0 Å². The van der Waals surface area contributed by atoms with Gasteiger partial charge in [-0.3, -0.25) is 10.1 Å². The van der Waals surface area contributed by atoms with Gasteiger partial charge in [0.15, 0.2) is 0 Å². The smallest absolute Gasteiger partial charge is 0.243 e. The molecular weight excluding hydrogens is 232 g/mol. The van der Waals surface area contributed by atoms with Crippen LogP contribution >= 0.6 is 0 Å². The molecule has 0 aliphatic heterocycles. The summed E-state index contributed by atoms with van der Waals surface area (Å²) in [5, 5.41) is 2.61. The molecule has 100 valence electrons. The number of nitrogens with zero attached hydrogens (tertiary/aromatic N) is 2. The molecule has 6 nitrogen and oxygen atoms in total. The van der Waals surface area contributed by atoms with Crippen molar-refractivity contribution in [2.24, 2.45) is 11.7 Å². The third-order valence-electron chi connectivity index (χ3n) is 2.83. The van der Waals surface area contributed by atoms with Gasteiger partial charge in [-0.25, -0.2) is 4.98 Å². The van der Waals surface area contributed by atoms with E-state index in [9.17, 15) is 4.79 Å². The van der Waals surface area contributed by atoms with Gasteiger partial charge >= 0.3 is 0 Å². The number of anilines is 1. The van der Waals surface area contributed by atoms with Crippen LogP contribution in [0, 0.1) is 12.8 Å². The minimum atomic E-state index is -0.565. The summed E-state index contributed by atoms with van der Waals surface area (Å²) in [6, 6.07) is 1.12. The Morgan fingerprint density at radius 1 is 1.56 bits per heavy atom. The Morgan fingerprint density at radius 3 is 2.78 bits per heavy atom. The van der Waals surface area contributed by atoms with Crippen molar-refractivity contribution in [1.82, 2.24) is 9.97 Å². The number of aromatic nitrogens is 2. The minimum absolute atomic E-state index is 0.108. The van der Waals surface area contributed by atoms with Crippen molar-refractivity contribution in [1.29, 1.82) is 0 Å². The summed E-state index contributed by atoms with van der Waals surface area (Å²) in [7, 11) is 1.51. The van der Waals surface area contributed by atoms with E-state index in [2.05, 4.69) is 15.3 Å². The second-order valence-electron chi connectivity index (χ2n) is 4.28. The molecule has 6 heteroatoms. The summed E-state index contributed by atoms with van der Waals surface area (Å²) in [5.74, 6) is 0.458. The molecule has 0 saturated heterocycles. The number of amides is 1. The van der Waals surface area contributed by atoms with Crippen LogP contribution in [-0.4, -0.2) is 29.0 Å². The van der Waals surface area contributed by atoms with E-state index >= 15 is 0 Å². The monoisotopic (exact) mass is 252 g/mol. The molecule has 1 aromatic rings. The largest absolute Gasteiger partial charge is 0.481 e. The van der Waals surface area contributed by atoms with E-state index in [0.717, 1.165) is 6.42 Å². The van der Waals surface area contributed by atoms with Crippen LogP contribution in [0.3, 0.4) is 0 Å². The number of rotatable bonds is 5. The highest BCUT2D eigenvalue weighted by molar-refractivity contribution is 5.93. The molecule has 0 radical (unpaired) electrons. The van der Waals surface area contributed by atoms with Gasteiger partial charge in [0, 0.05) is 11.8 Å². The maximum absolute atomic E-state index is 11.9. The molecule has 0 aliphatic carbocycles. The lowest BCUT2D eigenvalue weighted by atomic mass is 10.00. The van der Waals surface area contributed by atoms with Crippen molar-refractivity contribution in [2.45, 2.75) is 33.2 Å². The molecule has 0 aromatic carbocycles. The third kappa shape index (κ3) is 3.66. The van der Waals surface area contributed by atoms with E-state index in [1.807, 2.05) is 13.8 Å². The molecule has 0 spiro atoms. The van der Waals surface area contributed by atoms with Crippen LogP contribution in [0.15, 0.2) is 6.07 Å². The molecular formula is C12H20N4O2. The normalized spacial score (nSPS) is 13.8. The zero-order valence-corrected chi connectivity index (χ0v) is 11.2. The van der Waals surface area contributed by atoms with Gasteiger partial charge < -0.3 is 10.5 Å². The summed E-state index contributed by atoms with van der Waals surface area (Å²) in [6.45, 7) is 5.72. The maximum atomic E-state index is 11.9. The lowest BCUT2D eigenvalue weighted by Crippen LogP contribution is -2.41. The van der Waals surface area contributed by atoms with Gasteiger partial charge in [-0.1, -0.05) is 20.3 Å². The van der Waals surface area contributed by atoms with Crippen molar-refractivity contribution in [2.75, 3.05) is 12.4 Å². The van der Waals surface area contributed by atoms with E-state index in [-0.39, 0.29) is 17.8 Å². The first-order valence-corrected chi connectivity index (χ1v) is 5.94. The Morgan fingerprint density at radius 2 is 2.22 bits per heavy atom. The molecule has 1 heterocycles. The number of aryl methyl sites for hydroxylation is 1. The number of nitrogens with two attached hydrogens (primary N) is 1. The number of methoxy groups -OCH3 is 1. The molecule has 0 fully saturated rings. The predicted molar refractivity (Wildman–Crippen MR) is 69.4 cm³/mol. The lowest BCUT2D eigenvalue weighted by Gasteiger charge is -2.17. The van der Waals surface area contributed by atoms with E-state index in [1.54, 1.807) is 13.0 Å². The molecule has 2 atom stereocenters. The van der Waals surface area contributed by atoms with Gasteiger partial charge in [0.25, 0.3) is 0 Å². The second-order valence-corrected chi connectivity index (χ2v) is 4.28. The first-order chi connectivity index (χ1) is 8.47. The first kappa shape index (κ1) is 14.4. The minimum Gasteiger partial charge on any atom is -0.481 e. The average molecular weight is 252 g/mol. The van der Waals surface area contributed by atoms with Crippen LogP contribution in [0.4, 0.5) is 5.95 Å². The van der Waals surface area contributed by atoms with Crippen molar-refractivity contribution in [3.8, 4) is 5.88 Å². The molecule has 18 heavy (non-hydrogen) atoms. The summed E-state index contributed by atoms with van der Waals surface area (Å²) in [4.78, 5) is 20.0. The molecule has 3 N–H and O–H groups in total. The van der Waals surface area contributed by atoms with Gasteiger partial charge in [0.05, 0.1) is 13.2 Å². The highest BCUT2D eigenvalue weighted by atomic mass is 16.5. The maximum Gasteiger partial charge on any atom is 0.243 e. The van der Waals surface area contributed by atoms with Crippen molar-refractivity contribution >= 4 is 11.9 Å². The standard InChI is InChI=1S/C12H20N4O2/c1-5-7(2)10(13)11(17)16-12-14-8(3)6-9(15-12)18-4/h6-7,10H,5,13H2,1-4H3,(H,14,15,16,17)/t7-,10-/m0/s1. The third-order valence-corrected chi connectivity index (χ3v) is 2.83. The Balaban J connectivity index is 2.78. The first-order valence-electron chi connectivity index (χ1n) is 5.94. The summed E-state index contributed by atoms with van der Waals surface area (Å²) in [6.07, 6.45) is 0.840. The second kappa shape index (κ2) is 6.30. The van der Waals surface area contributed by atoms with E-state index in [1.165, 1.54) is 7.11 Å². The van der Waals surface area contributed by atoms with Crippen LogP contribution in [0.5, 0.6) is 5.88 Å². The van der Waals surface area contributed by atoms with Crippen LogP contribution in [0.25, 0.3) is 0 Å². The van der Waals surface area contributed by atoms with E-state index < -0.39 is 6.04 Å². The quantitative estimate of drug-likeness (QED) is 0.819. The molecule has 1 rings (SSSR count). The van der Waals surface area contributed by atoms with Crippen LogP contribution in [-0.2, 0) is 4.79 Å². The number of hydrogen-bond acceptors (Lipinski definition) is 5. The Labute approximate surface area is 107 Å². The number of ether oxygens (including phenoxy) is 1. The number of carbonyl (C=O) groups excluding carboxylic acids is 1. The SMILES string of the molecule is CC[C@H](C)[C@H](N)C(=O)Nc1nc(C)cc(OC)n1. The molecule has 0 unspecified atom stereocenters. The molecule has 0 aliphatic rings. The van der Waals surface area contributed by atoms with Crippen molar-refractivity contribution in [3.63, 3.8) is 0 Å². The number of carbonyl (C=O) groups is 1. The molecule has 0 saturated carbocycles. The predicted octanol–water partition coefficient (Wildman–Crippen LogP) is 1.11. The van der Waals surface area contributed by atoms with Crippen LogP contribution in [0.2, 0.25) is 0 Å². The highest BCUT2D eigenvalue weighted by Crippen LogP contribution is 2.12. The zero-order valence-electron chi connectivity index (χ0n) is 11.2. The average Bonchev–Trinajstić information content (AvgIpc) is 2.35. The topological polar surface area (TPSA) is 90.1 Å². The van der Waals surface area contributed by atoms with Crippen LogP contribution < -0.4 is 15.8 Å². The highest BCUT2D eigenvalue weighted by Gasteiger charge is 2.20. The Kier molecular flexibility index (Phi) is 5.03. The molecule has 0 bridgehead atoms. The van der Waals surface area contributed by atoms with Gasteiger partial charge in [-0.05, 0) is 12.8 Å². The van der Waals surface area contributed by atoms with Crippen molar-refractivity contribution < 1.29 is 9.53 Å². The zero-order chi connectivity index (χ0) is 13.7. The fraction of sp³-hybridized carbons (Fsp3) is 0.583. The molecule has 1 amide bonds. The summed E-state index contributed by atoms with van der Waals surface area (Å²) >= 11 is 0. The molecule has 1 aromatic heterocycles. The summed E-state index contributed by atoms with van der Waals surface area (Å²) < 4.78 is 5.01. The van der Waals surface area contributed by atoms with Crippen molar-refractivity contribution in [3.05, 3.63) is 11.8 Å². The number of nitrogens with one attached hydrogen (secondary N) is 1. The number of hydrogen-bond donors (Lipinski definition) is 2. The Hall–Kier alpha value is -1.69. The fourth-order valence-corrected chi connectivity index (χ4v) is 1.41. The summed E-state index contributed by atoms with van der Waals surface area (Å²) in [5.41, 5.74) is 6.55. The Bertz CT molecular complexity index is 423. The van der Waals surface area contributed by atoms with Gasteiger partial charge in [-0.2, -0.15) is 4.98 Å². The van der Waals surface area contributed by atoms with E-state index in [4.69, 9.17) is 10.5 Å².